The van der Waals surface area contributed by atoms with Crippen LogP contribution in [0.4, 0.5) is 0 Å². The smallest absolute Gasteiger partial charge is 0.292 e. The van der Waals surface area contributed by atoms with Gasteiger partial charge >= 0.3 is 0 Å². The molecular weight excluding hydrogens is 286 g/mol. The van der Waals surface area contributed by atoms with Crippen LogP contribution in [0.3, 0.4) is 0 Å². The van der Waals surface area contributed by atoms with Crippen molar-refractivity contribution < 1.29 is 18.8 Å². The number of hydrogen-bond donors (Lipinski definition) is 0. The van der Waals surface area contributed by atoms with Crippen LogP contribution in [0.25, 0.3) is 0 Å². The maximum absolute atomic E-state index is 12.4. The molecule has 2 aliphatic heterocycles. The summed E-state index contributed by atoms with van der Waals surface area (Å²) in [6.45, 7) is 1.83. The second-order valence-electron chi connectivity index (χ2n) is 6.44. The number of rotatable bonds is 2. The van der Waals surface area contributed by atoms with Gasteiger partial charge in [0.15, 0.2) is 0 Å². The Morgan fingerprint density at radius 2 is 2.27 bits per heavy atom. The van der Waals surface area contributed by atoms with Crippen molar-refractivity contribution in [1.82, 2.24) is 15.0 Å². The van der Waals surface area contributed by atoms with Crippen LogP contribution in [0.1, 0.15) is 29.8 Å². The van der Waals surface area contributed by atoms with Crippen LogP contribution in [0.15, 0.2) is 16.8 Å². The van der Waals surface area contributed by atoms with Gasteiger partial charge in [-0.05, 0) is 19.3 Å². The molecule has 1 aromatic heterocycles. The highest BCUT2D eigenvalue weighted by molar-refractivity contribution is 5.91. The van der Waals surface area contributed by atoms with Crippen LogP contribution in [-0.4, -0.2) is 66.7 Å². The zero-order valence-corrected chi connectivity index (χ0v) is 12.9. The Bertz CT molecular complexity index is 557. The SMILES string of the molecule is CN(C)C(=O)[C@@H]1C[C@@]2(CCCN(C(=O)c3ccno3)C2)CO1. The molecule has 0 radical (unpaired) electrons. The number of piperidine rings is 1. The van der Waals surface area contributed by atoms with E-state index in [-0.39, 0.29) is 23.0 Å². The highest BCUT2D eigenvalue weighted by Gasteiger charge is 2.46. The lowest BCUT2D eigenvalue weighted by atomic mass is 9.78. The van der Waals surface area contributed by atoms with Gasteiger partial charge in [0, 0.05) is 38.7 Å². The Hall–Kier alpha value is -1.89. The van der Waals surface area contributed by atoms with E-state index in [9.17, 15) is 9.59 Å². The molecule has 3 rings (SSSR count). The molecule has 0 aliphatic carbocycles. The van der Waals surface area contributed by atoms with Crippen molar-refractivity contribution in [1.29, 1.82) is 0 Å². The minimum Gasteiger partial charge on any atom is -0.368 e. The number of amides is 2. The summed E-state index contributed by atoms with van der Waals surface area (Å²) in [5.74, 6) is 0.117. The van der Waals surface area contributed by atoms with E-state index in [0.29, 0.717) is 26.1 Å². The molecule has 0 unspecified atom stereocenters. The number of likely N-dealkylation sites (tertiary alicyclic amines) is 1. The summed E-state index contributed by atoms with van der Waals surface area (Å²) in [7, 11) is 3.47. The maximum Gasteiger partial charge on any atom is 0.292 e. The number of aromatic nitrogens is 1. The summed E-state index contributed by atoms with van der Waals surface area (Å²) < 4.78 is 10.7. The number of ether oxygens (including phenoxy) is 1. The summed E-state index contributed by atoms with van der Waals surface area (Å²) in [5.41, 5.74) is -0.121. The predicted octanol–water partition coefficient (Wildman–Crippen LogP) is 0.774. The third kappa shape index (κ3) is 2.72. The number of nitrogens with zero attached hydrogens (tertiary/aromatic N) is 3. The summed E-state index contributed by atoms with van der Waals surface area (Å²) in [6.07, 6.45) is 3.63. The van der Waals surface area contributed by atoms with Crippen LogP contribution >= 0.6 is 0 Å². The number of carbonyl (C=O) groups excluding carboxylic acids is 2. The molecule has 0 N–H and O–H groups in total. The highest BCUT2D eigenvalue weighted by Crippen LogP contribution is 2.41. The second kappa shape index (κ2) is 5.72. The van der Waals surface area contributed by atoms with Crippen molar-refractivity contribution in [2.45, 2.75) is 25.4 Å². The lowest BCUT2D eigenvalue weighted by Crippen LogP contribution is -2.46. The zero-order chi connectivity index (χ0) is 15.7. The summed E-state index contributed by atoms with van der Waals surface area (Å²) >= 11 is 0. The van der Waals surface area contributed by atoms with E-state index in [1.165, 1.54) is 6.20 Å². The first-order valence-corrected chi connectivity index (χ1v) is 7.53. The molecule has 2 atom stereocenters. The van der Waals surface area contributed by atoms with Gasteiger partial charge in [-0.2, -0.15) is 0 Å². The first-order valence-electron chi connectivity index (χ1n) is 7.53. The van der Waals surface area contributed by atoms with E-state index in [4.69, 9.17) is 9.26 Å². The average molecular weight is 307 g/mol. The lowest BCUT2D eigenvalue weighted by Gasteiger charge is -2.39. The molecule has 2 fully saturated rings. The Morgan fingerprint density at radius 1 is 1.45 bits per heavy atom. The normalized spacial score (nSPS) is 28.1. The van der Waals surface area contributed by atoms with Crippen molar-refractivity contribution in [3.63, 3.8) is 0 Å². The standard InChI is InChI=1S/C15H21N3O4/c1-17(2)13(19)12-8-15(10-21-12)5-3-7-18(9-15)14(20)11-4-6-16-22-11/h4,6,12H,3,5,7-10H2,1-2H3/t12-,15+/m0/s1. The van der Waals surface area contributed by atoms with Crippen LogP contribution in [0.2, 0.25) is 0 Å². The average Bonchev–Trinajstić information content (AvgIpc) is 3.16. The molecule has 1 aromatic rings. The first-order chi connectivity index (χ1) is 10.5. The van der Waals surface area contributed by atoms with Crippen LogP contribution in [0, 0.1) is 5.41 Å². The molecule has 0 saturated carbocycles. The predicted molar refractivity (Wildman–Crippen MR) is 77.1 cm³/mol. The van der Waals surface area contributed by atoms with Crippen LogP contribution < -0.4 is 0 Å². The fourth-order valence-electron chi connectivity index (χ4n) is 3.38. The zero-order valence-electron chi connectivity index (χ0n) is 12.9. The van der Waals surface area contributed by atoms with Gasteiger partial charge in [-0.25, -0.2) is 0 Å². The van der Waals surface area contributed by atoms with E-state index < -0.39 is 6.10 Å². The van der Waals surface area contributed by atoms with E-state index in [1.54, 1.807) is 30.0 Å². The van der Waals surface area contributed by atoms with Gasteiger partial charge in [-0.1, -0.05) is 5.16 Å². The van der Waals surface area contributed by atoms with Crippen molar-refractivity contribution in [3.8, 4) is 0 Å². The Kier molecular flexibility index (Phi) is 3.90. The quantitative estimate of drug-likeness (QED) is 0.807. The van der Waals surface area contributed by atoms with Crippen LogP contribution in [-0.2, 0) is 9.53 Å². The third-order valence-electron chi connectivity index (χ3n) is 4.52. The van der Waals surface area contributed by atoms with Gasteiger partial charge < -0.3 is 19.1 Å². The van der Waals surface area contributed by atoms with Gasteiger partial charge in [-0.3, -0.25) is 9.59 Å². The summed E-state index contributed by atoms with van der Waals surface area (Å²) in [6, 6.07) is 1.58. The van der Waals surface area contributed by atoms with Gasteiger partial charge in [-0.15, -0.1) is 0 Å². The van der Waals surface area contributed by atoms with Gasteiger partial charge in [0.25, 0.3) is 11.8 Å². The fraction of sp³-hybridized carbons (Fsp3) is 0.667. The van der Waals surface area contributed by atoms with E-state index in [1.807, 2.05) is 0 Å². The molecule has 22 heavy (non-hydrogen) atoms. The first kappa shape index (κ1) is 15.0. The molecule has 3 heterocycles. The minimum absolute atomic E-state index is 0.00411. The highest BCUT2D eigenvalue weighted by atomic mass is 16.5. The van der Waals surface area contributed by atoms with E-state index in [2.05, 4.69) is 5.16 Å². The molecule has 2 amide bonds. The Labute approximate surface area is 129 Å². The molecule has 7 nitrogen and oxygen atoms in total. The molecule has 2 aliphatic rings. The molecule has 120 valence electrons. The van der Waals surface area contributed by atoms with E-state index in [0.717, 1.165) is 12.8 Å². The van der Waals surface area contributed by atoms with Crippen molar-refractivity contribution in [2.75, 3.05) is 33.8 Å². The molecule has 2 saturated heterocycles. The van der Waals surface area contributed by atoms with Gasteiger partial charge in [0.05, 0.1) is 12.8 Å². The third-order valence-corrected chi connectivity index (χ3v) is 4.52. The molecule has 1 spiro atoms. The van der Waals surface area contributed by atoms with Crippen molar-refractivity contribution in [2.24, 2.45) is 5.41 Å². The maximum atomic E-state index is 12.4. The van der Waals surface area contributed by atoms with E-state index >= 15 is 0 Å². The molecule has 0 aromatic carbocycles. The minimum atomic E-state index is -0.393. The second-order valence-corrected chi connectivity index (χ2v) is 6.44. The summed E-state index contributed by atoms with van der Waals surface area (Å²) in [4.78, 5) is 27.8. The fourth-order valence-corrected chi connectivity index (χ4v) is 3.38. The molecule has 7 heteroatoms. The van der Waals surface area contributed by atoms with Gasteiger partial charge in [0.1, 0.15) is 6.10 Å². The monoisotopic (exact) mass is 307 g/mol. The van der Waals surface area contributed by atoms with Gasteiger partial charge in [0.2, 0.25) is 5.76 Å². The topological polar surface area (TPSA) is 75.9 Å². The molecular formula is C15H21N3O4. The molecule has 0 bridgehead atoms. The van der Waals surface area contributed by atoms with Crippen LogP contribution in [0.5, 0.6) is 0 Å². The number of likely N-dealkylation sites (N-methyl/N-ethyl adjacent to an activating group) is 1. The Balaban J connectivity index is 1.68. The Morgan fingerprint density at radius 3 is 2.95 bits per heavy atom. The van der Waals surface area contributed by atoms with Crippen molar-refractivity contribution in [3.05, 3.63) is 18.0 Å². The summed E-state index contributed by atoms with van der Waals surface area (Å²) in [5, 5.41) is 3.58. The number of carbonyl (C=O) groups is 2. The number of hydrogen-bond acceptors (Lipinski definition) is 5. The lowest BCUT2D eigenvalue weighted by molar-refractivity contribution is -0.138. The van der Waals surface area contributed by atoms with Crippen molar-refractivity contribution >= 4 is 11.8 Å². The largest absolute Gasteiger partial charge is 0.368 e.